The number of amides is 1. The summed E-state index contributed by atoms with van der Waals surface area (Å²) in [6.45, 7) is 10.2. The smallest absolute Gasteiger partial charge is 0.326 e. The van der Waals surface area contributed by atoms with Crippen molar-refractivity contribution >= 4 is 11.9 Å². The van der Waals surface area contributed by atoms with Crippen LogP contribution in [0.2, 0.25) is 0 Å². The zero-order valence-corrected chi connectivity index (χ0v) is 15.5. The normalized spacial score (nSPS) is 17.6. The first kappa shape index (κ1) is 19.2. The zero-order chi connectivity index (χ0) is 18.8. The molecule has 0 spiro atoms. The van der Waals surface area contributed by atoms with Gasteiger partial charge in [-0.25, -0.2) is 4.79 Å². The quantitative estimate of drug-likeness (QED) is 0.824. The van der Waals surface area contributed by atoms with Crippen molar-refractivity contribution in [1.29, 1.82) is 0 Å². The number of hydrogen-bond donors (Lipinski definition) is 2. The molecule has 25 heavy (non-hydrogen) atoms. The lowest BCUT2D eigenvalue weighted by molar-refractivity contribution is -0.143. The van der Waals surface area contributed by atoms with E-state index in [1.54, 1.807) is 0 Å². The molecule has 1 aromatic carbocycles. The number of carboxylic acid groups (broad SMARTS) is 1. The van der Waals surface area contributed by atoms with Crippen molar-refractivity contribution < 1.29 is 24.2 Å². The number of carboxylic acids is 1. The van der Waals surface area contributed by atoms with Crippen molar-refractivity contribution in [2.24, 2.45) is 0 Å². The monoisotopic (exact) mass is 349 g/mol. The van der Waals surface area contributed by atoms with Gasteiger partial charge in [-0.3, -0.25) is 4.79 Å². The number of hydrogen-bond acceptors (Lipinski definition) is 4. The van der Waals surface area contributed by atoms with Crippen molar-refractivity contribution in [2.45, 2.75) is 58.6 Å². The van der Waals surface area contributed by atoms with E-state index in [4.69, 9.17) is 9.47 Å². The van der Waals surface area contributed by atoms with Crippen molar-refractivity contribution in [1.82, 2.24) is 5.32 Å². The maximum Gasteiger partial charge on any atom is 0.326 e. The van der Waals surface area contributed by atoms with Crippen LogP contribution < -0.4 is 10.1 Å². The van der Waals surface area contributed by atoms with E-state index >= 15 is 0 Å². The van der Waals surface area contributed by atoms with Gasteiger partial charge in [0.05, 0.1) is 5.60 Å². The van der Waals surface area contributed by atoms with E-state index in [9.17, 15) is 14.7 Å². The molecule has 0 aliphatic carbocycles. The number of fused-ring (bicyclic) bond motifs is 1. The van der Waals surface area contributed by atoms with Gasteiger partial charge in [-0.2, -0.15) is 0 Å². The molecule has 6 heteroatoms. The summed E-state index contributed by atoms with van der Waals surface area (Å²) in [4.78, 5) is 24.0. The summed E-state index contributed by atoms with van der Waals surface area (Å²) in [5.74, 6) is -1.18. The molecule has 1 amide bonds. The maximum absolute atomic E-state index is 12.6. The largest absolute Gasteiger partial charge is 0.492 e. The fourth-order valence-electron chi connectivity index (χ4n) is 2.70. The van der Waals surface area contributed by atoms with Gasteiger partial charge in [0, 0.05) is 18.6 Å². The first-order valence-corrected chi connectivity index (χ1v) is 8.49. The summed E-state index contributed by atoms with van der Waals surface area (Å²) in [5.41, 5.74) is 2.65. The van der Waals surface area contributed by atoms with Gasteiger partial charge in [0.1, 0.15) is 24.3 Å². The summed E-state index contributed by atoms with van der Waals surface area (Å²) in [6, 6.07) is 2.88. The Labute approximate surface area is 148 Å². The lowest BCUT2D eigenvalue weighted by Gasteiger charge is -2.22. The summed E-state index contributed by atoms with van der Waals surface area (Å²) in [7, 11) is 0. The van der Waals surface area contributed by atoms with E-state index in [1.807, 2.05) is 46.8 Å². The molecular weight excluding hydrogens is 322 g/mol. The van der Waals surface area contributed by atoms with Crippen LogP contribution in [0.15, 0.2) is 12.1 Å². The van der Waals surface area contributed by atoms with Crippen LogP contribution in [0.5, 0.6) is 5.75 Å². The molecule has 6 nitrogen and oxygen atoms in total. The van der Waals surface area contributed by atoms with Crippen molar-refractivity contribution in [3.8, 4) is 5.75 Å². The van der Waals surface area contributed by atoms with Crippen LogP contribution in [0, 0.1) is 13.8 Å². The third kappa shape index (κ3) is 4.95. The topological polar surface area (TPSA) is 84.9 Å². The average Bonchev–Trinajstić information content (AvgIpc) is 2.88. The van der Waals surface area contributed by atoms with Gasteiger partial charge >= 0.3 is 5.97 Å². The van der Waals surface area contributed by atoms with Crippen molar-refractivity contribution in [3.05, 3.63) is 28.8 Å². The molecule has 1 aliphatic heterocycles. The highest BCUT2D eigenvalue weighted by Gasteiger charge is 2.33. The Morgan fingerprint density at radius 3 is 2.56 bits per heavy atom. The van der Waals surface area contributed by atoms with Crippen LogP contribution in [0.25, 0.3) is 0 Å². The predicted molar refractivity (Wildman–Crippen MR) is 94.0 cm³/mol. The van der Waals surface area contributed by atoms with Crippen molar-refractivity contribution in [3.63, 3.8) is 0 Å². The van der Waals surface area contributed by atoms with Gasteiger partial charge in [0.25, 0.3) is 0 Å². The SMILES string of the molecule is Cc1cc2c(cc1C)C(C(=O)NC(CCOC(C)(C)C)C(=O)O)CO2. The minimum atomic E-state index is -1.06. The molecule has 1 aliphatic rings. The van der Waals surface area contributed by atoms with E-state index < -0.39 is 17.9 Å². The molecule has 0 fully saturated rings. The van der Waals surface area contributed by atoms with Gasteiger partial charge in [-0.1, -0.05) is 6.07 Å². The number of aryl methyl sites for hydroxylation is 2. The Morgan fingerprint density at radius 1 is 1.32 bits per heavy atom. The van der Waals surface area contributed by atoms with E-state index in [1.165, 1.54) is 0 Å². The highest BCUT2D eigenvalue weighted by atomic mass is 16.5. The van der Waals surface area contributed by atoms with Gasteiger partial charge in [-0.05, 0) is 51.8 Å². The molecule has 1 aromatic rings. The van der Waals surface area contributed by atoms with E-state index in [-0.39, 0.29) is 31.1 Å². The number of nitrogens with one attached hydrogen (secondary N) is 1. The van der Waals surface area contributed by atoms with Crippen LogP contribution in [0.3, 0.4) is 0 Å². The second kappa shape index (κ2) is 7.44. The van der Waals surface area contributed by atoms with Crippen LogP contribution >= 0.6 is 0 Å². The van der Waals surface area contributed by atoms with E-state index in [0.29, 0.717) is 5.75 Å². The van der Waals surface area contributed by atoms with Crippen LogP contribution in [-0.4, -0.2) is 41.8 Å². The Bertz CT molecular complexity index is 663. The molecule has 0 radical (unpaired) electrons. The van der Waals surface area contributed by atoms with E-state index in [2.05, 4.69) is 5.32 Å². The van der Waals surface area contributed by atoms with E-state index in [0.717, 1.165) is 16.7 Å². The minimum absolute atomic E-state index is 0.214. The first-order valence-electron chi connectivity index (χ1n) is 8.49. The number of carbonyl (C=O) groups is 2. The standard InChI is InChI=1S/C19H27NO5/c1-11-8-13-14(10-24-16(13)9-12(11)2)17(21)20-15(18(22)23)6-7-25-19(3,4)5/h8-9,14-15H,6-7,10H2,1-5H3,(H,20,21)(H,22,23). The number of ether oxygens (including phenoxy) is 2. The molecule has 2 rings (SSSR count). The Kier molecular flexibility index (Phi) is 5.72. The fraction of sp³-hybridized carbons (Fsp3) is 0.579. The van der Waals surface area contributed by atoms with Crippen LogP contribution in [-0.2, 0) is 14.3 Å². The fourth-order valence-corrected chi connectivity index (χ4v) is 2.70. The molecule has 0 saturated carbocycles. The number of aliphatic carboxylic acids is 1. The second-order valence-corrected chi connectivity index (χ2v) is 7.49. The molecule has 0 aromatic heterocycles. The lowest BCUT2D eigenvalue weighted by atomic mass is 9.96. The Morgan fingerprint density at radius 2 is 1.96 bits per heavy atom. The lowest BCUT2D eigenvalue weighted by Crippen LogP contribution is -2.44. The molecule has 138 valence electrons. The molecule has 0 bridgehead atoms. The number of carbonyl (C=O) groups excluding carboxylic acids is 1. The summed E-state index contributed by atoms with van der Waals surface area (Å²) >= 11 is 0. The highest BCUT2D eigenvalue weighted by Crippen LogP contribution is 2.36. The maximum atomic E-state index is 12.6. The number of rotatable bonds is 6. The summed E-state index contributed by atoms with van der Waals surface area (Å²) in [5, 5.41) is 12.0. The predicted octanol–water partition coefficient (Wildman–Crippen LogP) is 2.55. The Hall–Kier alpha value is -2.08. The van der Waals surface area contributed by atoms with Gasteiger partial charge in [-0.15, -0.1) is 0 Å². The number of benzene rings is 1. The minimum Gasteiger partial charge on any atom is -0.492 e. The third-order valence-corrected chi connectivity index (χ3v) is 4.28. The third-order valence-electron chi connectivity index (χ3n) is 4.28. The highest BCUT2D eigenvalue weighted by molar-refractivity contribution is 5.89. The van der Waals surface area contributed by atoms with Gasteiger partial charge < -0.3 is 19.9 Å². The average molecular weight is 349 g/mol. The van der Waals surface area contributed by atoms with Crippen molar-refractivity contribution in [2.75, 3.05) is 13.2 Å². The second-order valence-electron chi connectivity index (χ2n) is 7.49. The molecular formula is C19H27NO5. The first-order chi connectivity index (χ1) is 11.6. The molecule has 0 saturated heterocycles. The van der Waals surface area contributed by atoms with Gasteiger partial charge in [0.2, 0.25) is 5.91 Å². The Balaban J connectivity index is 2.03. The zero-order valence-electron chi connectivity index (χ0n) is 15.5. The van der Waals surface area contributed by atoms with Crippen LogP contribution in [0.4, 0.5) is 0 Å². The molecule has 2 N–H and O–H groups in total. The molecule has 2 atom stereocenters. The summed E-state index contributed by atoms with van der Waals surface area (Å²) in [6.07, 6.45) is 0.214. The summed E-state index contributed by atoms with van der Waals surface area (Å²) < 4.78 is 11.2. The molecule has 1 heterocycles. The van der Waals surface area contributed by atoms with Gasteiger partial charge in [0.15, 0.2) is 0 Å². The van der Waals surface area contributed by atoms with Crippen LogP contribution in [0.1, 0.15) is 49.8 Å². The molecule has 2 unspecified atom stereocenters.